The number of phosphoric ester groups is 2. The summed E-state index contributed by atoms with van der Waals surface area (Å²) in [5.74, 6) is -2.23. The van der Waals surface area contributed by atoms with Crippen molar-refractivity contribution in [3.05, 3.63) is 122 Å². The smallest absolute Gasteiger partial charge is 0.462 e. The van der Waals surface area contributed by atoms with Crippen molar-refractivity contribution in [2.45, 2.75) is 354 Å². The average Bonchev–Trinajstić information content (AvgIpc) is 0.910. The standard InChI is InChI=1S/C85H146O17P2/c1-5-9-13-17-21-25-29-33-36-38-39-41-44-47-50-54-58-62-66-70-83(88)96-76-81(102-85(90)72-68-64-60-56-52-48-42-35-31-27-23-19-15-11-7-3)78-100-104(93,94)98-74-79(86)73-97-103(91,92)99-77-80(101-84(89)71-67-63-59-55-51-45-32-28-24-20-16-12-8-4)75-95-82(87)69-65-61-57-53-49-46-43-40-37-34-30-26-22-18-14-10-6-2/h10-11,14-15,21-23,25-27,33-37,39,41-42,52,56,79-81,86H,5-9,12-13,16-20,24,28-32,38,40,43-51,53-55,57-78H2,1-4H3,(H,91,92)(H,93,94)/b14-10-,15-11-,25-21-,26-22-,27-23-,36-33-,37-34-,41-39-,42-35-,56-52-. The zero-order valence-corrected chi connectivity index (χ0v) is 67.2. The fourth-order valence-electron chi connectivity index (χ4n) is 10.8. The first kappa shape index (κ1) is 99.5. The minimum atomic E-state index is -4.99. The third-order valence-electron chi connectivity index (χ3n) is 16.9. The van der Waals surface area contributed by atoms with Gasteiger partial charge in [0.2, 0.25) is 0 Å². The molecule has 0 saturated carbocycles. The van der Waals surface area contributed by atoms with Gasteiger partial charge in [-0.2, -0.15) is 0 Å². The zero-order valence-electron chi connectivity index (χ0n) is 65.4. The van der Waals surface area contributed by atoms with E-state index in [1.807, 2.05) is 0 Å². The Hall–Kier alpha value is -4.54. The molecule has 0 aromatic rings. The Labute approximate surface area is 632 Å². The summed E-state index contributed by atoms with van der Waals surface area (Å²) < 4.78 is 68.6. The highest BCUT2D eigenvalue weighted by molar-refractivity contribution is 7.47. The van der Waals surface area contributed by atoms with Crippen LogP contribution in [0.1, 0.15) is 336 Å². The highest BCUT2D eigenvalue weighted by atomic mass is 31.2. The van der Waals surface area contributed by atoms with Crippen LogP contribution in [0.4, 0.5) is 0 Å². The van der Waals surface area contributed by atoms with Gasteiger partial charge in [-0.1, -0.05) is 297 Å². The van der Waals surface area contributed by atoms with Crippen molar-refractivity contribution >= 4 is 39.5 Å². The van der Waals surface area contributed by atoms with Crippen molar-refractivity contribution < 1.29 is 80.2 Å². The highest BCUT2D eigenvalue weighted by Crippen LogP contribution is 2.45. The molecule has 0 aliphatic heterocycles. The molecule has 3 N–H and O–H groups in total. The Morgan fingerprint density at radius 1 is 0.279 bits per heavy atom. The summed E-state index contributed by atoms with van der Waals surface area (Å²) in [5, 5.41) is 10.6. The molecule has 0 aromatic heterocycles. The largest absolute Gasteiger partial charge is 0.472 e. The number of hydrogen-bond acceptors (Lipinski definition) is 15. The van der Waals surface area contributed by atoms with Crippen molar-refractivity contribution in [1.29, 1.82) is 0 Å². The Bertz CT molecular complexity index is 2440. The molecule has 5 unspecified atom stereocenters. The number of rotatable bonds is 76. The molecular weight excluding hydrogens is 1350 g/mol. The van der Waals surface area contributed by atoms with Gasteiger partial charge in [0, 0.05) is 25.7 Å². The Morgan fingerprint density at radius 3 is 0.808 bits per heavy atom. The molecule has 19 heteroatoms. The number of ether oxygens (including phenoxy) is 4. The van der Waals surface area contributed by atoms with Crippen LogP contribution in [0.2, 0.25) is 0 Å². The van der Waals surface area contributed by atoms with Gasteiger partial charge in [0.25, 0.3) is 0 Å². The summed E-state index contributed by atoms with van der Waals surface area (Å²) in [5.41, 5.74) is 0. The molecular formula is C85H146O17P2. The van der Waals surface area contributed by atoms with Crippen LogP contribution in [-0.4, -0.2) is 96.7 Å². The van der Waals surface area contributed by atoms with Crippen LogP contribution in [0.5, 0.6) is 0 Å². The van der Waals surface area contributed by atoms with Crippen LogP contribution in [0, 0.1) is 0 Å². The van der Waals surface area contributed by atoms with Crippen molar-refractivity contribution in [2.24, 2.45) is 0 Å². The number of carbonyl (C=O) groups is 4. The number of aliphatic hydroxyl groups excluding tert-OH is 1. The number of phosphoric acid groups is 2. The average molecular weight is 1500 g/mol. The van der Waals surface area contributed by atoms with Gasteiger partial charge in [0.1, 0.15) is 19.3 Å². The maximum absolute atomic E-state index is 13.1. The predicted molar refractivity (Wildman–Crippen MR) is 427 cm³/mol. The summed E-state index contributed by atoms with van der Waals surface area (Å²) in [6.07, 6.45) is 84.6. The first-order chi connectivity index (χ1) is 50.7. The van der Waals surface area contributed by atoms with E-state index in [-0.39, 0.29) is 25.7 Å². The van der Waals surface area contributed by atoms with Crippen molar-refractivity contribution in [3.8, 4) is 0 Å². The molecule has 0 radical (unpaired) electrons. The Balaban J connectivity index is 5.38. The quantitative estimate of drug-likeness (QED) is 0.0169. The van der Waals surface area contributed by atoms with Crippen LogP contribution in [0.25, 0.3) is 0 Å². The number of unbranched alkanes of at least 4 members (excludes halogenated alkanes) is 30. The summed E-state index contributed by atoms with van der Waals surface area (Å²) in [6.45, 7) is 4.58. The third kappa shape index (κ3) is 75.7. The molecule has 0 aliphatic rings. The molecule has 0 amide bonds. The topological polar surface area (TPSA) is 237 Å². The van der Waals surface area contributed by atoms with E-state index >= 15 is 0 Å². The van der Waals surface area contributed by atoms with E-state index in [1.165, 1.54) is 70.6 Å². The van der Waals surface area contributed by atoms with E-state index in [1.54, 1.807) is 0 Å². The SMILES string of the molecule is CC/C=C\C/C=C\C/C=C\C/C=C\CCCCC(=O)OC(COC(=O)CCCCCCCC/C=C\C/C=C\C/C=C\CCCCC)COP(=O)(O)OCC(O)COP(=O)(O)OCC(COC(=O)CCCCCCCCC/C=C\C/C=C\C/C=C\CC)OC(=O)CCCCCCCCCCCCCCC. The van der Waals surface area contributed by atoms with Gasteiger partial charge in [0.05, 0.1) is 26.4 Å². The number of esters is 4. The summed E-state index contributed by atoms with van der Waals surface area (Å²) >= 11 is 0. The van der Waals surface area contributed by atoms with Gasteiger partial charge in [-0.05, 0) is 135 Å². The molecule has 0 fully saturated rings. The Morgan fingerprint density at radius 2 is 0.500 bits per heavy atom. The second-order valence-electron chi connectivity index (χ2n) is 27.0. The molecule has 0 rings (SSSR count). The lowest BCUT2D eigenvalue weighted by Crippen LogP contribution is -2.30. The van der Waals surface area contributed by atoms with E-state index in [4.69, 9.17) is 37.0 Å². The Kier molecular flexibility index (Phi) is 73.3. The molecule has 17 nitrogen and oxygen atoms in total. The van der Waals surface area contributed by atoms with E-state index in [0.29, 0.717) is 32.1 Å². The molecule has 0 spiro atoms. The summed E-state index contributed by atoms with van der Waals surface area (Å²) in [4.78, 5) is 73.1. The minimum absolute atomic E-state index is 0.0381. The van der Waals surface area contributed by atoms with Crippen molar-refractivity contribution in [1.82, 2.24) is 0 Å². The monoisotopic (exact) mass is 1500 g/mol. The highest BCUT2D eigenvalue weighted by Gasteiger charge is 2.30. The minimum Gasteiger partial charge on any atom is -0.462 e. The number of hydrogen-bond donors (Lipinski definition) is 3. The van der Waals surface area contributed by atoms with Gasteiger partial charge in [-0.15, -0.1) is 0 Å². The first-order valence-electron chi connectivity index (χ1n) is 40.8. The van der Waals surface area contributed by atoms with E-state index in [9.17, 15) is 43.2 Å². The first-order valence-corrected chi connectivity index (χ1v) is 43.8. The maximum atomic E-state index is 13.1. The molecule has 0 heterocycles. The van der Waals surface area contributed by atoms with Crippen LogP contribution in [0.3, 0.4) is 0 Å². The zero-order chi connectivity index (χ0) is 76.0. The van der Waals surface area contributed by atoms with Crippen molar-refractivity contribution in [2.75, 3.05) is 39.6 Å². The third-order valence-corrected chi connectivity index (χ3v) is 18.8. The summed E-state index contributed by atoms with van der Waals surface area (Å²) in [7, 11) is -9.98. The fourth-order valence-corrected chi connectivity index (χ4v) is 12.3. The second kappa shape index (κ2) is 76.6. The molecule has 104 heavy (non-hydrogen) atoms. The lowest BCUT2D eigenvalue weighted by molar-refractivity contribution is -0.161. The van der Waals surface area contributed by atoms with Crippen LogP contribution in [0.15, 0.2) is 122 Å². The van der Waals surface area contributed by atoms with Crippen molar-refractivity contribution in [3.63, 3.8) is 0 Å². The van der Waals surface area contributed by atoms with Gasteiger partial charge >= 0.3 is 39.5 Å². The van der Waals surface area contributed by atoms with Gasteiger partial charge in [-0.25, -0.2) is 9.13 Å². The van der Waals surface area contributed by atoms with Crippen LogP contribution in [-0.2, 0) is 65.4 Å². The maximum Gasteiger partial charge on any atom is 0.472 e. The number of carbonyl (C=O) groups excluding carboxylic acids is 4. The van der Waals surface area contributed by atoms with Gasteiger partial charge in [0.15, 0.2) is 12.2 Å². The lowest BCUT2D eigenvalue weighted by Gasteiger charge is -2.21. The summed E-state index contributed by atoms with van der Waals surface area (Å²) in [6, 6.07) is 0. The molecule has 0 aliphatic carbocycles. The van der Waals surface area contributed by atoms with Gasteiger partial charge < -0.3 is 33.8 Å². The lowest BCUT2D eigenvalue weighted by atomic mass is 10.0. The number of allylic oxidation sites excluding steroid dienone is 20. The normalized spacial score (nSPS) is 14.5. The fraction of sp³-hybridized carbons (Fsp3) is 0.718. The predicted octanol–water partition coefficient (Wildman–Crippen LogP) is 23.9. The van der Waals surface area contributed by atoms with Gasteiger partial charge in [-0.3, -0.25) is 37.3 Å². The molecule has 0 aromatic carbocycles. The van der Waals surface area contributed by atoms with Crippen LogP contribution >= 0.6 is 15.6 Å². The molecule has 0 bridgehead atoms. The van der Waals surface area contributed by atoms with E-state index in [0.717, 1.165) is 180 Å². The molecule has 0 saturated heterocycles. The number of aliphatic hydroxyl groups is 1. The van der Waals surface area contributed by atoms with Crippen LogP contribution < -0.4 is 0 Å². The van der Waals surface area contributed by atoms with E-state index in [2.05, 4.69) is 149 Å². The molecule has 5 atom stereocenters. The molecule has 598 valence electrons. The van der Waals surface area contributed by atoms with E-state index < -0.39 is 97.5 Å². The second-order valence-corrected chi connectivity index (χ2v) is 29.9.